The highest BCUT2D eigenvalue weighted by Gasteiger charge is 2.27. The summed E-state index contributed by atoms with van der Waals surface area (Å²) in [6.45, 7) is 5.68. The number of aliphatic carboxylic acids is 1. The van der Waals surface area contributed by atoms with E-state index in [0.717, 1.165) is 12.8 Å². The summed E-state index contributed by atoms with van der Waals surface area (Å²) in [4.78, 5) is 22.0. The van der Waals surface area contributed by atoms with Gasteiger partial charge in [-0.1, -0.05) is 19.8 Å². The molecule has 5 nitrogen and oxygen atoms in total. The van der Waals surface area contributed by atoms with Gasteiger partial charge < -0.3 is 16.2 Å². The van der Waals surface area contributed by atoms with Crippen molar-refractivity contribution in [1.82, 2.24) is 5.32 Å². The lowest BCUT2D eigenvalue weighted by Crippen LogP contribution is -2.46. The lowest BCUT2D eigenvalue weighted by molar-refractivity contribution is -0.140. The van der Waals surface area contributed by atoms with Crippen LogP contribution in [0.3, 0.4) is 0 Å². The second kappa shape index (κ2) is 6.48. The molecule has 4 N–H and O–H groups in total. The fraction of sp³-hybridized carbons (Fsp3) is 0.818. The van der Waals surface area contributed by atoms with Crippen LogP contribution >= 0.6 is 0 Å². The number of carbonyl (C=O) groups excluding carboxylic acids is 1. The maximum absolute atomic E-state index is 11.1. The molecule has 1 atom stereocenters. The molecule has 1 unspecified atom stereocenters. The Morgan fingerprint density at radius 3 is 2.38 bits per heavy atom. The minimum atomic E-state index is -0.881. The lowest BCUT2D eigenvalue weighted by atomic mass is 9.92. The number of primary amides is 1. The topological polar surface area (TPSA) is 92.4 Å². The van der Waals surface area contributed by atoms with E-state index in [9.17, 15) is 9.59 Å². The molecule has 94 valence electrons. The lowest BCUT2D eigenvalue weighted by Gasteiger charge is -2.23. The molecule has 0 aliphatic heterocycles. The normalized spacial score (nSPS) is 13.4. The molecule has 0 bridgehead atoms. The van der Waals surface area contributed by atoms with Gasteiger partial charge in [-0.05, 0) is 20.3 Å². The third-order valence-electron chi connectivity index (χ3n) is 2.60. The van der Waals surface area contributed by atoms with Crippen LogP contribution in [0.4, 0.5) is 0 Å². The van der Waals surface area contributed by atoms with Crippen LogP contribution in [0, 0.1) is 5.41 Å². The molecular formula is C11H22N2O3. The Kier molecular flexibility index (Phi) is 6.03. The van der Waals surface area contributed by atoms with Gasteiger partial charge in [0, 0.05) is 6.54 Å². The Hall–Kier alpha value is -1.10. The van der Waals surface area contributed by atoms with E-state index in [1.807, 2.05) is 6.92 Å². The van der Waals surface area contributed by atoms with Crippen LogP contribution in [0.2, 0.25) is 0 Å². The Morgan fingerprint density at radius 2 is 2.00 bits per heavy atom. The van der Waals surface area contributed by atoms with Crippen LogP contribution in [0.5, 0.6) is 0 Å². The molecular weight excluding hydrogens is 208 g/mol. The molecule has 0 aromatic carbocycles. The first kappa shape index (κ1) is 14.9. The summed E-state index contributed by atoms with van der Waals surface area (Å²) >= 11 is 0. The van der Waals surface area contributed by atoms with Crippen molar-refractivity contribution in [3.05, 3.63) is 0 Å². The third kappa shape index (κ3) is 5.11. The first-order chi connectivity index (χ1) is 7.31. The second-order valence-electron chi connectivity index (χ2n) is 4.66. The van der Waals surface area contributed by atoms with Crippen molar-refractivity contribution in [2.45, 2.75) is 46.1 Å². The number of carboxylic acid groups (broad SMARTS) is 1. The zero-order valence-corrected chi connectivity index (χ0v) is 10.2. The molecule has 0 aliphatic carbocycles. The van der Waals surface area contributed by atoms with Crippen LogP contribution in [-0.4, -0.2) is 29.6 Å². The van der Waals surface area contributed by atoms with E-state index in [-0.39, 0.29) is 6.54 Å². The average Bonchev–Trinajstić information content (AvgIpc) is 2.16. The molecule has 0 radical (unpaired) electrons. The molecule has 0 fully saturated rings. The SMILES string of the molecule is CCCCC(NCC(C)(C)C(N)=O)C(=O)O. The summed E-state index contributed by atoms with van der Waals surface area (Å²) < 4.78 is 0. The van der Waals surface area contributed by atoms with Gasteiger partial charge in [-0.15, -0.1) is 0 Å². The summed E-state index contributed by atoms with van der Waals surface area (Å²) in [5, 5.41) is 11.8. The van der Waals surface area contributed by atoms with E-state index in [1.54, 1.807) is 13.8 Å². The van der Waals surface area contributed by atoms with E-state index in [2.05, 4.69) is 5.32 Å². The molecule has 0 aromatic rings. The van der Waals surface area contributed by atoms with Crippen LogP contribution in [0.25, 0.3) is 0 Å². The van der Waals surface area contributed by atoms with Crippen LogP contribution in [-0.2, 0) is 9.59 Å². The number of carboxylic acids is 1. The molecule has 0 saturated heterocycles. The quantitative estimate of drug-likeness (QED) is 0.573. The average molecular weight is 230 g/mol. The first-order valence-corrected chi connectivity index (χ1v) is 5.57. The van der Waals surface area contributed by atoms with Gasteiger partial charge in [0.1, 0.15) is 6.04 Å². The molecule has 0 aliphatic rings. The fourth-order valence-corrected chi connectivity index (χ4v) is 1.19. The highest BCUT2D eigenvalue weighted by Crippen LogP contribution is 2.13. The van der Waals surface area contributed by atoms with E-state index in [0.29, 0.717) is 6.42 Å². The van der Waals surface area contributed by atoms with Gasteiger partial charge in [0.05, 0.1) is 5.41 Å². The smallest absolute Gasteiger partial charge is 0.320 e. The molecule has 1 amide bonds. The van der Waals surface area contributed by atoms with Crippen LogP contribution < -0.4 is 11.1 Å². The number of nitrogens with two attached hydrogens (primary N) is 1. The predicted molar refractivity (Wildman–Crippen MR) is 61.9 cm³/mol. The minimum Gasteiger partial charge on any atom is -0.480 e. The highest BCUT2D eigenvalue weighted by molar-refractivity contribution is 5.80. The van der Waals surface area contributed by atoms with Crippen molar-refractivity contribution in [3.8, 4) is 0 Å². The van der Waals surface area contributed by atoms with Crippen molar-refractivity contribution in [2.75, 3.05) is 6.54 Å². The largest absolute Gasteiger partial charge is 0.480 e. The van der Waals surface area contributed by atoms with Crippen molar-refractivity contribution in [3.63, 3.8) is 0 Å². The molecule has 0 saturated carbocycles. The summed E-state index contributed by atoms with van der Waals surface area (Å²) in [6, 6.07) is -0.599. The molecule has 0 rings (SSSR count). The molecule has 5 heteroatoms. The van der Waals surface area contributed by atoms with Crippen molar-refractivity contribution < 1.29 is 14.7 Å². The summed E-state index contributed by atoms with van der Waals surface area (Å²) in [6.07, 6.45) is 2.37. The Balaban J connectivity index is 4.21. The van der Waals surface area contributed by atoms with Crippen LogP contribution in [0.15, 0.2) is 0 Å². The van der Waals surface area contributed by atoms with Gasteiger partial charge in [0.25, 0.3) is 0 Å². The number of amides is 1. The van der Waals surface area contributed by atoms with E-state index in [1.165, 1.54) is 0 Å². The Bertz CT molecular complexity index is 252. The summed E-state index contributed by atoms with van der Waals surface area (Å²) in [7, 11) is 0. The van der Waals surface area contributed by atoms with Gasteiger partial charge in [-0.25, -0.2) is 0 Å². The number of nitrogens with one attached hydrogen (secondary N) is 1. The molecule has 0 aromatic heterocycles. The van der Waals surface area contributed by atoms with Crippen LogP contribution in [0.1, 0.15) is 40.0 Å². The number of hydrogen-bond acceptors (Lipinski definition) is 3. The Morgan fingerprint density at radius 1 is 1.44 bits per heavy atom. The summed E-state index contributed by atoms with van der Waals surface area (Å²) in [5.41, 5.74) is 4.48. The standard InChI is InChI=1S/C11H22N2O3/c1-4-5-6-8(9(14)15)13-7-11(2,3)10(12)16/h8,13H,4-7H2,1-3H3,(H2,12,16)(H,14,15). The predicted octanol–water partition coefficient (Wildman–Crippen LogP) is 0.731. The van der Waals surface area contributed by atoms with Gasteiger partial charge in [-0.3, -0.25) is 9.59 Å². The number of carbonyl (C=O) groups is 2. The van der Waals surface area contributed by atoms with E-state index in [4.69, 9.17) is 10.8 Å². The van der Waals surface area contributed by atoms with Gasteiger partial charge in [0.15, 0.2) is 0 Å². The van der Waals surface area contributed by atoms with E-state index < -0.39 is 23.3 Å². The third-order valence-corrected chi connectivity index (χ3v) is 2.60. The van der Waals surface area contributed by atoms with Gasteiger partial charge >= 0.3 is 5.97 Å². The van der Waals surface area contributed by atoms with Gasteiger partial charge in [-0.2, -0.15) is 0 Å². The van der Waals surface area contributed by atoms with Gasteiger partial charge in [0.2, 0.25) is 5.91 Å². The zero-order chi connectivity index (χ0) is 12.8. The van der Waals surface area contributed by atoms with Crippen molar-refractivity contribution >= 4 is 11.9 Å². The van der Waals surface area contributed by atoms with Crippen molar-refractivity contribution in [1.29, 1.82) is 0 Å². The minimum absolute atomic E-state index is 0.281. The van der Waals surface area contributed by atoms with Crippen molar-refractivity contribution in [2.24, 2.45) is 11.1 Å². The number of unbranched alkanes of at least 4 members (excludes halogenated alkanes) is 1. The fourth-order valence-electron chi connectivity index (χ4n) is 1.19. The highest BCUT2D eigenvalue weighted by atomic mass is 16.4. The zero-order valence-electron chi connectivity index (χ0n) is 10.2. The maximum atomic E-state index is 11.1. The first-order valence-electron chi connectivity index (χ1n) is 5.57. The Labute approximate surface area is 96.4 Å². The number of hydrogen-bond donors (Lipinski definition) is 3. The molecule has 0 heterocycles. The molecule has 16 heavy (non-hydrogen) atoms. The molecule has 0 spiro atoms. The summed E-state index contributed by atoms with van der Waals surface area (Å²) in [5.74, 6) is -1.31. The number of rotatable bonds is 8. The van der Waals surface area contributed by atoms with E-state index >= 15 is 0 Å². The second-order valence-corrected chi connectivity index (χ2v) is 4.66. The monoisotopic (exact) mass is 230 g/mol. The maximum Gasteiger partial charge on any atom is 0.320 e.